The fraction of sp³-hybridized carbons (Fsp3) is 0.625. The van der Waals surface area contributed by atoms with Crippen LogP contribution in [0.4, 0.5) is 0 Å². The summed E-state index contributed by atoms with van der Waals surface area (Å²) >= 11 is 5.54. The highest BCUT2D eigenvalue weighted by molar-refractivity contribution is 6.28. The van der Waals surface area contributed by atoms with E-state index in [9.17, 15) is 0 Å². The van der Waals surface area contributed by atoms with E-state index in [2.05, 4.69) is 12.1 Å². The van der Waals surface area contributed by atoms with Gasteiger partial charge in [0.1, 0.15) is 0 Å². The van der Waals surface area contributed by atoms with E-state index in [-0.39, 0.29) is 0 Å². The van der Waals surface area contributed by atoms with Gasteiger partial charge in [0, 0.05) is 6.07 Å². The maximum Gasteiger partial charge on any atom is 0.226 e. The molecule has 0 saturated carbocycles. The summed E-state index contributed by atoms with van der Waals surface area (Å²) in [6, 6.07) is 1.78. The van der Waals surface area contributed by atoms with Gasteiger partial charge in [0.15, 0.2) is 0 Å². The third-order valence-electron chi connectivity index (χ3n) is 1.57. The highest BCUT2D eigenvalue weighted by Gasteiger charge is 1.99. The van der Waals surface area contributed by atoms with Crippen molar-refractivity contribution in [2.45, 2.75) is 32.6 Å². The first-order valence-corrected chi connectivity index (χ1v) is 4.32. The van der Waals surface area contributed by atoms with Crippen molar-refractivity contribution in [3.8, 4) is 0 Å². The molecule has 0 amide bonds. The van der Waals surface area contributed by atoms with Crippen LogP contribution in [-0.4, -0.2) is 5.16 Å². The molecule has 0 atom stereocenters. The minimum atomic E-state index is 0.386. The van der Waals surface area contributed by atoms with E-state index >= 15 is 0 Å². The van der Waals surface area contributed by atoms with E-state index in [1.54, 1.807) is 6.07 Å². The van der Waals surface area contributed by atoms with Gasteiger partial charge in [-0.3, -0.25) is 0 Å². The number of hydrogen-bond donors (Lipinski definition) is 0. The number of aryl methyl sites for hydroxylation is 1. The Bertz CT molecular complexity index is 210. The number of rotatable bonds is 4. The van der Waals surface area contributed by atoms with E-state index in [0.29, 0.717) is 5.22 Å². The summed E-state index contributed by atoms with van der Waals surface area (Å²) < 4.78 is 4.71. The molecule has 3 heteroatoms. The molecule has 0 aliphatic carbocycles. The minimum absolute atomic E-state index is 0.386. The molecule has 2 nitrogen and oxygen atoms in total. The van der Waals surface area contributed by atoms with Gasteiger partial charge in [0.05, 0.1) is 5.69 Å². The predicted molar refractivity (Wildman–Crippen MR) is 44.7 cm³/mol. The largest absolute Gasteiger partial charge is 0.344 e. The summed E-state index contributed by atoms with van der Waals surface area (Å²) in [5, 5.41) is 4.17. The molecule has 0 radical (unpaired) electrons. The molecule has 0 bridgehead atoms. The zero-order chi connectivity index (χ0) is 8.10. The Hall–Kier alpha value is -0.500. The van der Waals surface area contributed by atoms with Crippen LogP contribution in [0.2, 0.25) is 5.22 Å². The number of nitrogens with zero attached hydrogens (tertiary/aromatic N) is 1. The Morgan fingerprint density at radius 3 is 2.91 bits per heavy atom. The Morgan fingerprint density at radius 1 is 1.55 bits per heavy atom. The molecule has 0 saturated heterocycles. The molecule has 1 rings (SSSR count). The molecule has 0 fully saturated rings. The van der Waals surface area contributed by atoms with Gasteiger partial charge in [-0.25, -0.2) is 0 Å². The highest BCUT2D eigenvalue weighted by Crippen LogP contribution is 2.11. The van der Waals surface area contributed by atoms with Gasteiger partial charge in [-0.2, -0.15) is 0 Å². The third kappa shape index (κ3) is 2.93. The molecule has 1 aromatic heterocycles. The molecule has 1 aromatic rings. The van der Waals surface area contributed by atoms with Crippen molar-refractivity contribution in [3.05, 3.63) is 17.0 Å². The molecular weight excluding hydrogens is 162 g/mol. The molecule has 0 aromatic carbocycles. The van der Waals surface area contributed by atoms with Crippen molar-refractivity contribution in [1.29, 1.82) is 0 Å². The molecule has 62 valence electrons. The Morgan fingerprint density at radius 2 is 2.36 bits per heavy atom. The lowest BCUT2D eigenvalue weighted by atomic mass is 10.2. The van der Waals surface area contributed by atoms with Crippen LogP contribution >= 0.6 is 11.6 Å². The first-order valence-electron chi connectivity index (χ1n) is 3.94. The first-order chi connectivity index (χ1) is 5.33. The highest BCUT2D eigenvalue weighted by atomic mass is 35.5. The van der Waals surface area contributed by atoms with Gasteiger partial charge in [0.25, 0.3) is 0 Å². The molecule has 0 unspecified atom stereocenters. The minimum Gasteiger partial charge on any atom is -0.344 e. The standard InChI is InChI=1S/C8H12ClNO/c1-2-3-4-5-7-6-8(9)11-10-7/h6H,2-5H2,1H3. The van der Waals surface area contributed by atoms with E-state index in [4.69, 9.17) is 16.1 Å². The lowest BCUT2D eigenvalue weighted by Gasteiger charge is -1.91. The second-order valence-corrected chi connectivity index (χ2v) is 2.95. The number of halogens is 1. The lowest BCUT2D eigenvalue weighted by molar-refractivity contribution is 0.412. The Balaban J connectivity index is 2.27. The van der Waals surface area contributed by atoms with Crippen molar-refractivity contribution in [2.24, 2.45) is 0 Å². The van der Waals surface area contributed by atoms with Crippen molar-refractivity contribution in [1.82, 2.24) is 5.16 Å². The normalized spacial score (nSPS) is 10.4. The van der Waals surface area contributed by atoms with Crippen LogP contribution in [0.15, 0.2) is 10.6 Å². The van der Waals surface area contributed by atoms with Crippen LogP contribution in [0.5, 0.6) is 0 Å². The average Bonchev–Trinajstić information content (AvgIpc) is 2.37. The molecular formula is C8H12ClNO. The first kappa shape index (κ1) is 8.60. The van der Waals surface area contributed by atoms with Crippen LogP contribution < -0.4 is 0 Å². The van der Waals surface area contributed by atoms with Gasteiger partial charge >= 0.3 is 0 Å². The second-order valence-electron chi connectivity index (χ2n) is 2.58. The maximum absolute atomic E-state index is 5.54. The average molecular weight is 174 g/mol. The summed E-state index contributed by atoms with van der Waals surface area (Å²) in [5.41, 5.74) is 0.962. The van der Waals surface area contributed by atoms with Gasteiger partial charge in [-0.1, -0.05) is 24.9 Å². The van der Waals surface area contributed by atoms with Gasteiger partial charge in [-0.15, -0.1) is 0 Å². The molecule has 0 N–H and O–H groups in total. The van der Waals surface area contributed by atoms with Crippen molar-refractivity contribution >= 4 is 11.6 Å². The van der Waals surface area contributed by atoms with Crippen molar-refractivity contribution in [2.75, 3.05) is 0 Å². The molecule has 0 spiro atoms. The van der Waals surface area contributed by atoms with Gasteiger partial charge in [-0.05, 0) is 24.4 Å². The molecule has 11 heavy (non-hydrogen) atoms. The van der Waals surface area contributed by atoms with E-state index in [1.165, 1.54) is 19.3 Å². The van der Waals surface area contributed by atoms with Gasteiger partial charge < -0.3 is 4.52 Å². The van der Waals surface area contributed by atoms with E-state index < -0.39 is 0 Å². The zero-order valence-electron chi connectivity index (χ0n) is 6.64. The van der Waals surface area contributed by atoms with Crippen molar-refractivity contribution < 1.29 is 4.52 Å². The summed E-state index contributed by atoms with van der Waals surface area (Å²) in [7, 11) is 0. The maximum atomic E-state index is 5.54. The predicted octanol–water partition coefficient (Wildman–Crippen LogP) is 3.06. The van der Waals surface area contributed by atoms with Crippen LogP contribution in [0.25, 0.3) is 0 Å². The summed E-state index contributed by atoms with van der Waals surface area (Å²) in [6.45, 7) is 2.18. The Labute approximate surface area is 71.5 Å². The lowest BCUT2D eigenvalue weighted by Crippen LogP contribution is -1.83. The fourth-order valence-electron chi connectivity index (χ4n) is 0.960. The van der Waals surface area contributed by atoms with E-state index in [1.807, 2.05) is 0 Å². The SMILES string of the molecule is CCCCCc1cc(Cl)on1. The quantitative estimate of drug-likeness (QED) is 0.655. The number of hydrogen-bond acceptors (Lipinski definition) is 2. The molecule has 1 heterocycles. The summed E-state index contributed by atoms with van der Waals surface area (Å²) in [5.74, 6) is 0. The topological polar surface area (TPSA) is 26.0 Å². The summed E-state index contributed by atoms with van der Waals surface area (Å²) in [4.78, 5) is 0. The van der Waals surface area contributed by atoms with Gasteiger partial charge in [0.2, 0.25) is 5.22 Å². The smallest absolute Gasteiger partial charge is 0.226 e. The monoisotopic (exact) mass is 173 g/mol. The molecule has 0 aliphatic heterocycles. The van der Waals surface area contributed by atoms with Crippen molar-refractivity contribution in [3.63, 3.8) is 0 Å². The zero-order valence-corrected chi connectivity index (χ0v) is 7.40. The summed E-state index contributed by atoms with van der Waals surface area (Å²) in [6.07, 6.45) is 4.61. The third-order valence-corrected chi connectivity index (χ3v) is 1.74. The van der Waals surface area contributed by atoms with E-state index in [0.717, 1.165) is 12.1 Å². The number of unbranched alkanes of at least 4 members (excludes halogenated alkanes) is 2. The Kier molecular flexibility index (Phi) is 3.43. The van der Waals surface area contributed by atoms with Crippen LogP contribution in [0, 0.1) is 0 Å². The van der Waals surface area contributed by atoms with Crippen LogP contribution in [0.3, 0.4) is 0 Å². The molecule has 0 aliphatic rings. The fourth-order valence-corrected chi connectivity index (χ4v) is 1.12. The number of aromatic nitrogens is 1. The van der Waals surface area contributed by atoms with Crippen LogP contribution in [0.1, 0.15) is 31.9 Å². The van der Waals surface area contributed by atoms with Crippen LogP contribution in [-0.2, 0) is 6.42 Å². The second kappa shape index (κ2) is 4.39.